The molecule has 10 nitrogen and oxygen atoms in total. The zero-order valence-corrected chi connectivity index (χ0v) is 22.2. The van der Waals surface area contributed by atoms with Crippen molar-refractivity contribution in [2.45, 2.75) is 37.5 Å². The van der Waals surface area contributed by atoms with Crippen molar-refractivity contribution in [3.8, 4) is 28.5 Å². The van der Waals surface area contributed by atoms with Gasteiger partial charge in [-0.05, 0) is 37.5 Å². The van der Waals surface area contributed by atoms with Crippen molar-refractivity contribution in [1.82, 2.24) is 19.6 Å². The molecule has 6 rings (SSSR count). The number of methoxy groups -OCH3 is 1. The molecule has 214 valence electrons. The smallest absolute Gasteiger partial charge is 0.387 e. The Balaban J connectivity index is 1.17. The first-order chi connectivity index (χ1) is 19.5. The normalized spacial score (nSPS) is 18.6. The molecular formula is C28H32F2N4O6. The van der Waals surface area contributed by atoms with Gasteiger partial charge in [-0.2, -0.15) is 8.78 Å². The highest BCUT2D eigenvalue weighted by molar-refractivity contribution is 6.01. The van der Waals surface area contributed by atoms with Crippen molar-refractivity contribution in [3.63, 3.8) is 0 Å². The maximum Gasteiger partial charge on any atom is 0.387 e. The molecule has 2 aromatic heterocycles. The Hall–Kier alpha value is -3.48. The number of morpholine rings is 1. The molecule has 1 spiro atoms. The average molecular weight is 559 g/mol. The van der Waals surface area contributed by atoms with E-state index in [1.165, 1.54) is 13.2 Å². The first-order valence-corrected chi connectivity index (χ1v) is 13.4. The maximum atomic E-state index is 13.3. The molecule has 2 saturated heterocycles. The number of ether oxygens (including phenoxy) is 5. The summed E-state index contributed by atoms with van der Waals surface area (Å²) in [5, 5.41) is 2.81. The second-order valence-corrected chi connectivity index (χ2v) is 10.4. The SMILES string of the molecule is COc1cc(-c2cnc3cc(OCCCN4CCOCC45COC5)ccn23)cc(OC(F)F)c1C(=O)NC1CC1. The summed E-state index contributed by atoms with van der Waals surface area (Å²) in [5.74, 6) is 0.0515. The molecule has 3 fully saturated rings. The van der Waals surface area contributed by atoms with Gasteiger partial charge in [0.05, 0.1) is 57.6 Å². The second kappa shape index (κ2) is 11.2. The first-order valence-electron chi connectivity index (χ1n) is 13.4. The number of nitrogens with one attached hydrogen (secondary N) is 1. The van der Waals surface area contributed by atoms with Crippen LogP contribution in [0.2, 0.25) is 0 Å². The topological polar surface area (TPSA) is 95.8 Å². The third-order valence-corrected chi connectivity index (χ3v) is 7.55. The van der Waals surface area contributed by atoms with Crippen molar-refractivity contribution in [2.75, 3.05) is 53.2 Å². The van der Waals surface area contributed by atoms with Crippen LogP contribution in [0.1, 0.15) is 29.6 Å². The van der Waals surface area contributed by atoms with Crippen LogP contribution >= 0.6 is 0 Å². The Morgan fingerprint density at radius 2 is 2.00 bits per heavy atom. The molecule has 1 amide bonds. The zero-order valence-electron chi connectivity index (χ0n) is 22.2. The average Bonchev–Trinajstić information content (AvgIpc) is 3.64. The van der Waals surface area contributed by atoms with Gasteiger partial charge in [-0.1, -0.05) is 0 Å². The second-order valence-electron chi connectivity index (χ2n) is 10.4. The van der Waals surface area contributed by atoms with Crippen LogP contribution in [0.3, 0.4) is 0 Å². The summed E-state index contributed by atoms with van der Waals surface area (Å²) in [7, 11) is 1.39. The number of pyridine rings is 1. The highest BCUT2D eigenvalue weighted by Gasteiger charge is 2.46. The minimum Gasteiger partial charge on any atom is -0.496 e. The number of aromatic nitrogens is 2. The summed E-state index contributed by atoms with van der Waals surface area (Å²) >= 11 is 0. The lowest BCUT2D eigenvalue weighted by Crippen LogP contribution is -2.68. The Morgan fingerprint density at radius 3 is 2.73 bits per heavy atom. The first kappa shape index (κ1) is 26.7. The van der Waals surface area contributed by atoms with E-state index in [1.807, 2.05) is 22.7 Å². The Labute approximate surface area is 230 Å². The van der Waals surface area contributed by atoms with Crippen molar-refractivity contribution >= 4 is 11.6 Å². The fraction of sp³-hybridized carbons (Fsp3) is 0.500. The number of imidazole rings is 1. The van der Waals surface area contributed by atoms with E-state index in [0.29, 0.717) is 49.1 Å². The van der Waals surface area contributed by atoms with E-state index in [0.717, 1.165) is 39.0 Å². The van der Waals surface area contributed by atoms with Crippen LogP contribution in [0.25, 0.3) is 16.9 Å². The molecule has 0 atom stereocenters. The number of carbonyl (C=O) groups excluding carboxylic acids is 1. The minimum atomic E-state index is -3.11. The standard InChI is InChI=1S/C28H32F2N4O6/c1-36-22-11-18(12-23(40-27(29)30)25(22)26(35)32-19-3-4-19)21-14-31-24-13-20(5-7-34(21)24)39-9-2-6-33-8-10-37-15-28(33)16-38-17-28/h5,7,11-14,19,27H,2-4,6,8-10,15-17H2,1H3,(H,32,35). The van der Waals surface area contributed by atoms with E-state index in [9.17, 15) is 13.6 Å². The number of nitrogens with zero attached hydrogens (tertiary/aromatic N) is 3. The summed E-state index contributed by atoms with van der Waals surface area (Å²) in [4.78, 5) is 19.7. The van der Waals surface area contributed by atoms with Gasteiger partial charge in [0, 0.05) is 37.0 Å². The minimum absolute atomic E-state index is 0.0194. The summed E-state index contributed by atoms with van der Waals surface area (Å²) in [6.07, 6.45) is 6.01. The van der Waals surface area contributed by atoms with Crippen LogP contribution in [-0.2, 0) is 9.47 Å². The summed E-state index contributed by atoms with van der Waals surface area (Å²) < 4.78 is 55.7. The van der Waals surface area contributed by atoms with Gasteiger partial charge in [-0.3, -0.25) is 14.1 Å². The van der Waals surface area contributed by atoms with E-state index >= 15 is 0 Å². The van der Waals surface area contributed by atoms with E-state index in [1.54, 1.807) is 12.3 Å². The van der Waals surface area contributed by atoms with Gasteiger partial charge in [-0.25, -0.2) is 4.98 Å². The van der Waals surface area contributed by atoms with Crippen LogP contribution < -0.4 is 19.5 Å². The molecule has 0 bridgehead atoms. The van der Waals surface area contributed by atoms with Crippen LogP contribution in [0.5, 0.6) is 17.2 Å². The molecule has 0 radical (unpaired) electrons. The Kier molecular flexibility index (Phi) is 7.47. The van der Waals surface area contributed by atoms with E-state index in [4.69, 9.17) is 23.7 Å². The number of alkyl halides is 2. The zero-order chi connectivity index (χ0) is 27.7. The molecule has 1 saturated carbocycles. The highest BCUT2D eigenvalue weighted by Crippen LogP contribution is 2.37. The molecule has 3 aliphatic rings. The van der Waals surface area contributed by atoms with E-state index in [-0.39, 0.29) is 28.6 Å². The van der Waals surface area contributed by atoms with Crippen LogP contribution in [-0.4, -0.2) is 91.6 Å². The third-order valence-electron chi connectivity index (χ3n) is 7.55. The predicted molar refractivity (Wildman–Crippen MR) is 140 cm³/mol. The number of hydrogen-bond donors (Lipinski definition) is 1. The largest absolute Gasteiger partial charge is 0.496 e. The lowest BCUT2D eigenvalue weighted by Gasteiger charge is -2.52. The lowest BCUT2D eigenvalue weighted by molar-refractivity contribution is -0.197. The molecular weight excluding hydrogens is 526 g/mol. The Bertz CT molecular complexity index is 1370. The molecule has 2 aliphatic heterocycles. The number of halogens is 2. The number of amides is 1. The van der Waals surface area contributed by atoms with Crippen LogP contribution in [0.15, 0.2) is 36.7 Å². The van der Waals surface area contributed by atoms with Gasteiger partial charge < -0.3 is 29.0 Å². The van der Waals surface area contributed by atoms with E-state index in [2.05, 4.69) is 15.2 Å². The van der Waals surface area contributed by atoms with Gasteiger partial charge in [0.1, 0.15) is 28.5 Å². The number of rotatable bonds is 11. The molecule has 1 aromatic carbocycles. The van der Waals surface area contributed by atoms with Gasteiger partial charge in [0.2, 0.25) is 0 Å². The maximum absolute atomic E-state index is 13.3. The number of hydrogen-bond acceptors (Lipinski definition) is 8. The quantitative estimate of drug-likeness (QED) is 0.358. The molecule has 1 aliphatic carbocycles. The van der Waals surface area contributed by atoms with Crippen molar-refractivity contribution in [2.24, 2.45) is 0 Å². The third kappa shape index (κ3) is 5.43. The van der Waals surface area contributed by atoms with Crippen molar-refractivity contribution in [1.29, 1.82) is 0 Å². The molecule has 12 heteroatoms. The van der Waals surface area contributed by atoms with Gasteiger partial charge in [0.15, 0.2) is 0 Å². The number of fused-ring (bicyclic) bond motifs is 1. The Morgan fingerprint density at radius 1 is 1.20 bits per heavy atom. The monoisotopic (exact) mass is 558 g/mol. The molecule has 3 aromatic rings. The van der Waals surface area contributed by atoms with Crippen LogP contribution in [0.4, 0.5) is 8.78 Å². The molecule has 0 unspecified atom stereocenters. The highest BCUT2D eigenvalue weighted by atomic mass is 19.3. The van der Waals surface area contributed by atoms with Gasteiger partial charge >= 0.3 is 6.61 Å². The fourth-order valence-corrected chi connectivity index (χ4v) is 5.23. The van der Waals surface area contributed by atoms with Gasteiger partial charge in [-0.15, -0.1) is 0 Å². The summed E-state index contributed by atoms with van der Waals surface area (Å²) in [6.45, 7) is 2.12. The van der Waals surface area contributed by atoms with Crippen LogP contribution in [0, 0.1) is 0 Å². The van der Waals surface area contributed by atoms with Crippen molar-refractivity contribution in [3.05, 3.63) is 42.2 Å². The number of benzene rings is 1. The molecule has 4 heterocycles. The molecule has 1 N–H and O–H groups in total. The van der Waals surface area contributed by atoms with Gasteiger partial charge in [0.25, 0.3) is 5.91 Å². The number of carbonyl (C=O) groups is 1. The van der Waals surface area contributed by atoms with Crippen molar-refractivity contribution < 1.29 is 37.3 Å². The fourth-order valence-electron chi connectivity index (χ4n) is 5.23. The lowest BCUT2D eigenvalue weighted by atomic mass is 9.94. The summed E-state index contributed by atoms with van der Waals surface area (Å²) in [6, 6.07) is 6.74. The summed E-state index contributed by atoms with van der Waals surface area (Å²) in [5.41, 5.74) is 1.71. The molecule has 40 heavy (non-hydrogen) atoms. The van der Waals surface area contributed by atoms with E-state index < -0.39 is 12.5 Å². The predicted octanol–water partition coefficient (Wildman–Crippen LogP) is 3.37.